The molecule has 0 spiro atoms. The number of carbonyl (C=O) groups is 2. The Morgan fingerprint density at radius 3 is 2.26 bits per heavy atom. The van der Waals surface area contributed by atoms with Crippen LogP contribution in [0.4, 0.5) is 0 Å². The van der Waals surface area contributed by atoms with E-state index in [1.54, 1.807) is 0 Å². The van der Waals surface area contributed by atoms with Crippen molar-refractivity contribution in [2.45, 2.75) is 43.6 Å². The van der Waals surface area contributed by atoms with E-state index in [9.17, 15) is 5.11 Å². The van der Waals surface area contributed by atoms with E-state index in [0.717, 1.165) is 49.2 Å². The molecule has 2 aromatic rings. The van der Waals surface area contributed by atoms with Gasteiger partial charge in [0.25, 0.3) is 0 Å². The molecule has 0 bridgehead atoms. The second-order valence-corrected chi connectivity index (χ2v) is 8.53. The number of hydrogen-bond donors (Lipinski definition) is 3. The Labute approximate surface area is 188 Å². The van der Waals surface area contributed by atoms with Crippen LogP contribution in [0.25, 0.3) is 0 Å². The molecule has 0 unspecified atom stereocenters. The SMILES string of the molecule is CN(C)CCC[C@@]1(O)c2ccccc2CCC[C@@H]1c1ccc(Cl)cc1.O=C(O)C(=O)O. The van der Waals surface area contributed by atoms with Gasteiger partial charge in [-0.25, -0.2) is 9.59 Å². The Morgan fingerprint density at radius 2 is 1.68 bits per heavy atom. The van der Waals surface area contributed by atoms with Crippen LogP contribution in [-0.4, -0.2) is 52.8 Å². The molecule has 2 aromatic carbocycles. The van der Waals surface area contributed by atoms with Crippen LogP contribution in [0, 0.1) is 0 Å². The zero-order chi connectivity index (χ0) is 23.0. The molecule has 31 heavy (non-hydrogen) atoms. The Balaban J connectivity index is 0.000000501. The van der Waals surface area contributed by atoms with Crippen molar-refractivity contribution in [1.82, 2.24) is 4.90 Å². The molecule has 1 aliphatic rings. The molecule has 168 valence electrons. The third kappa shape index (κ3) is 6.79. The van der Waals surface area contributed by atoms with E-state index >= 15 is 0 Å². The molecule has 0 aliphatic heterocycles. The van der Waals surface area contributed by atoms with Crippen LogP contribution in [0.1, 0.15) is 48.3 Å². The summed E-state index contributed by atoms with van der Waals surface area (Å²) in [5.74, 6) is -3.54. The molecular weight excluding hydrogens is 418 g/mol. The molecule has 3 N–H and O–H groups in total. The van der Waals surface area contributed by atoms with Gasteiger partial charge in [0.2, 0.25) is 0 Å². The van der Waals surface area contributed by atoms with Crippen molar-refractivity contribution in [1.29, 1.82) is 0 Å². The summed E-state index contributed by atoms with van der Waals surface area (Å²) in [5.41, 5.74) is 2.78. The number of nitrogens with zero attached hydrogens (tertiary/aromatic N) is 1. The lowest BCUT2D eigenvalue weighted by molar-refractivity contribution is -0.159. The lowest BCUT2D eigenvalue weighted by Crippen LogP contribution is -2.34. The topological polar surface area (TPSA) is 98.1 Å². The number of carboxylic acids is 2. The van der Waals surface area contributed by atoms with Crippen LogP contribution in [-0.2, 0) is 21.6 Å². The molecule has 0 radical (unpaired) electrons. The summed E-state index contributed by atoms with van der Waals surface area (Å²) >= 11 is 6.09. The molecular formula is C24H30ClNO5. The molecule has 0 aromatic heterocycles. The van der Waals surface area contributed by atoms with Gasteiger partial charge in [-0.15, -0.1) is 0 Å². The highest BCUT2D eigenvalue weighted by molar-refractivity contribution is 6.30. The highest BCUT2D eigenvalue weighted by Crippen LogP contribution is 2.47. The molecule has 6 nitrogen and oxygen atoms in total. The molecule has 0 fully saturated rings. The third-order valence-corrected chi connectivity index (χ3v) is 5.87. The predicted molar refractivity (Wildman–Crippen MR) is 121 cm³/mol. The van der Waals surface area contributed by atoms with Crippen LogP contribution in [0.2, 0.25) is 5.02 Å². The van der Waals surface area contributed by atoms with Gasteiger partial charge in [0.15, 0.2) is 0 Å². The highest BCUT2D eigenvalue weighted by atomic mass is 35.5. The maximum atomic E-state index is 11.9. The first-order chi connectivity index (χ1) is 14.6. The number of aryl methyl sites for hydroxylation is 1. The van der Waals surface area contributed by atoms with Crippen LogP contribution in [0.5, 0.6) is 0 Å². The second kappa shape index (κ2) is 11.3. The fourth-order valence-electron chi connectivity index (χ4n) is 4.19. The van der Waals surface area contributed by atoms with E-state index in [2.05, 4.69) is 55.4 Å². The number of hydrogen-bond acceptors (Lipinski definition) is 4. The van der Waals surface area contributed by atoms with Crippen molar-refractivity contribution in [3.8, 4) is 0 Å². The number of carboxylic acid groups (broad SMARTS) is 2. The Hall–Kier alpha value is -2.41. The van der Waals surface area contributed by atoms with Gasteiger partial charge in [-0.2, -0.15) is 0 Å². The average Bonchev–Trinajstić information content (AvgIpc) is 2.86. The molecule has 2 atom stereocenters. The lowest BCUT2D eigenvalue weighted by Gasteiger charge is -2.37. The van der Waals surface area contributed by atoms with Crippen LogP contribution in [0.15, 0.2) is 48.5 Å². The third-order valence-electron chi connectivity index (χ3n) is 5.62. The lowest BCUT2D eigenvalue weighted by atomic mass is 9.73. The predicted octanol–water partition coefficient (Wildman–Crippen LogP) is 4.15. The zero-order valence-corrected chi connectivity index (χ0v) is 18.7. The number of aliphatic hydroxyl groups is 1. The normalized spacial score (nSPS) is 20.2. The Kier molecular flexibility index (Phi) is 9.04. The van der Waals surface area contributed by atoms with Crippen LogP contribution >= 0.6 is 11.6 Å². The van der Waals surface area contributed by atoms with Gasteiger partial charge in [-0.05, 0) is 81.6 Å². The van der Waals surface area contributed by atoms with E-state index < -0.39 is 17.5 Å². The fraction of sp³-hybridized carbons (Fsp3) is 0.417. The van der Waals surface area contributed by atoms with Crippen LogP contribution in [0.3, 0.4) is 0 Å². The summed E-state index contributed by atoms with van der Waals surface area (Å²) in [5, 5.41) is 27.5. The standard InChI is InChI=1S/C22H28ClNO.C2H2O4/c1-24(2)16-6-15-22(25)20-9-4-3-7-17(20)8-5-10-21(22)18-11-13-19(23)14-12-18;3-1(4)2(5)6/h3-4,7,9,11-14,21,25H,5-6,8,10,15-16H2,1-2H3;(H,3,4)(H,5,6)/t21-,22-;/m1./s1. The maximum absolute atomic E-state index is 11.9. The van der Waals surface area contributed by atoms with Crippen molar-refractivity contribution in [3.63, 3.8) is 0 Å². The largest absolute Gasteiger partial charge is 0.473 e. The summed E-state index contributed by atoms with van der Waals surface area (Å²) in [6, 6.07) is 16.5. The molecule has 0 amide bonds. The number of fused-ring (bicyclic) bond motifs is 1. The number of aliphatic carboxylic acids is 2. The average molecular weight is 448 g/mol. The van der Waals surface area contributed by atoms with Gasteiger partial charge < -0.3 is 20.2 Å². The van der Waals surface area contributed by atoms with Gasteiger partial charge in [0.05, 0.1) is 5.60 Å². The molecule has 0 heterocycles. The molecule has 1 aliphatic carbocycles. The maximum Gasteiger partial charge on any atom is 0.414 e. The summed E-state index contributed by atoms with van der Waals surface area (Å²) in [4.78, 5) is 20.4. The minimum atomic E-state index is -1.82. The molecule has 0 saturated carbocycles. The summed E-state index contributed by atoms with van der Waals surface area (Å²) in [6.07, 6.45) is 4.88. The van der Waals surface area contributed by atoms with Gasteiger partial charge in [-0.3, -0.25) is 0 Å². The van der Waals surface area contributed by atoms with Gasteiger partial charge in [0, 0.05) is 10.9 Å². The highest BCUT2D eigenvalue weighted by Gasteiger charge is 2.41. The van der Waals surface area contributed by atoms with Crippen molar-refractivity contribution < 1.29 is 24.9 Å². The Morgan fingerprint density at radius 1 is 1.06 bits per heavy atom. The minimum Gasteiger partial charge on any atom is -0.473 e. The van der Waals surface area contributed by atoms with Crippen molar-refractivity contribution in [3.05, 3.63) is 70.2 Å². The first-order valence-electron chi connectivity index (χ1n) is 10.3. The minimum absolute atomic E-state index is 0.107. The van der Waals surface area contributed by atoms with E-state index in [1.807, 2.05) is 12.1 Å². The van der Waals surface area contributed by atoms with Crippen molar-refractivity contribution >= 4 is 23.5 Å². The zero-order valence-electron chi connectivity index (χ0n) is 17.9. The molecule has 3 rings (SSSR count). The summed E-state index contributed by atoms with van der Waals surface area (Å²) < 4.78 is 0. The van der Waals surface area contributed by atoms with Crippen molar-refractivity contribution in [2.24, 2.45) is 0 Å². The monoisotopic (exact) mass is 447 g/mol. The smallest absolute Gasteiger partial charge is 0.414 e. The van der Waals surface area contributed by atoms with Crippen molar-refractivity contribution in [2.75, 3.05) is 20.6 Å². The van der Waals surface area contributed by atoms with E-state index in [0.29, 0.717) is 0 Å². The van der Waals surface area contributed by atoms with Gasteiger partial charge in [0.1, 0.15) is 0 Å². The first-order valence-corrected chi connectivity index (χ1v) is 10.7. The quantitative estimate of drug-likeness (QED) is 0.470. The summed E-state index contributed by atoms with van der Waals surface area (Å²) in [7, 11) is 4.17. The van der Waals surface area contributed by atoms with E-state index in [1.165, 1.54) is 11.1 Å². The Bertz CT molecular complexity index is 872. The number of rotatable bonds is 5. The summed E-state index contributed by atoms with van der Waals surface area (Å²) in [6.45, 7) is 0.984. The van der Waals surface area contributed by atoms with E-state index in [-0.39, 0.29) is 5.92 Å². The van der Waals surface area contributed by atoms with E-state index in [4.69, 9.17) is 31.4 Å². The van der Waals surface area contributed by atoms with Gasteiger partial charge >= 0.3 is 11.9 Å². The van der Waals surface area contributed by atoms with Crippen LogP contribution < -0.4 is 0 Å². The molecule has 0 saturated heterocycles. The first kappa shape index (κ1) is 24.9. The number of halogens is 1. The van der Waals surface area contributed by atoms with Gasteiger partial charge in [-0.1, -0.05) is 48.0 Å². The molecule has 7 heteroatoms. The second-order valence-electron chi connectivity index (χ2n) is 8.09. The fourth-order valence-corrected chi connectivity index (χ4v) is 4.32. The number of benzene rings is 2.